The van der Waals surface area contributed by atoms with E-state index < -0.39 is 11.7 Å². The summed E-state index contributed by atoms with van der Waals surface area (Å²) in [6, 6.07) is 3.49. The Hall–Kier alpha value is -1.04. The Morgan fingerprint density at radius 2 is 1.95 bits per heavy atom. The highest BCUT2D eigenvalue weighted by molar-refractivity contribution is 9.10. The van der Waals surface area contributed by atoms with Crippen molar-refractivity contribution in [1.82, 2.24) is 0 Å². The van der Waals surface area contributed by atoms with Crippen LogP contribution < -0.4 is 4.90 Å². The molecule has 1 saturated heterocycles. The zero-order chi connectivity index (χ0) is 15.1. The van der Waals surface area contributed by atoms with Gasteiger partial charge in [-0.2, -0.15) is 13.2 Å². The van der Waals surface area contributed by atoms with Crippen molar-refractivity contribution < 1.29 is 18.0 Å². The normalized spacial score (nSPS) is 24.1. The molecule has 1 aliphatic heterocycles. The third-order valence-electron chi connectivity index (χ3n) is 3.91. The van der Waals surface area contributed by atoms with Crippen LogP contribution in [0.2, 0.25) is 0 Å². The van der Waals surface area contributed by atoms with Crippen molar-refractivity contribution in [1.29, 1.82) is 0 Å². The van der Waals surface area contributed by atoms with Crippen LogP contribution in [0, 0.1) is 5.92 Å². The van der Waals surface area contributed by atoms with Gasteiger partial charge >= 0.3 is 6.18 Å². The Bertz CT molecular complexity index is 530. The largest absolute Gasteiger partial charge is 0.416 e. The first-order valence-corrected chi connectivity index (χ1v) is 7.17. The predicted molar refractivity (Wildman–Crippen MR) is 74.7 cm³/mol. The summed E-state index contributed by atoms with van der Waals surface area (Å²) in [4.78, 5) is 13.5. The quantitative estimate of drug-likeness (QED) is 0.754. The topological polar surface area (TPSA) is 20.3 Å². The maximum atomic E-state index is 12.8. The molecule has 110 valence electrons. The Kier molecular flexibility index (Phi) is 4.14. The molecule has 6 heteroatoms. The maximum absolute atomic E-state index is 12.8. The number of alkyl halides is 3. The fourth-order valence-electron chi connectivity index (χ4n) is 2.45. The van der Waals surface area contributed by atoms with Gasteiger partial charge in [-0.3, -0.25) is 4.79 Å². The summed E-state index contributed by atoms with van der Waals surface area (Å²) in [7, 11) is 0. The summed E-state index contributed by atoms with van der Waals surface area (Å²) in [5.74, 6) is -0.0120. The number of hydrogen-bond donors (Lipinski definition) is 0. The number of anilines is 1. The summed E-state index contributed by atoms with van der Waals surface area (Å²) in [6.45, 7) is 4.14. The van der Waals surface area contributed by atoms with E-state index in [1.165, 1.54) is 6.07 Å². The van der Waals surface area contributed by atoms with Crippen LogP contribution in [0.3, 0.4) is 0 Å². The zero-order valence-corrected chi connectivity index (χ0v) is 12.8. The van der Waals surface area contributed by atoms with Gasteiger partial charge in [0.2, 0.25) is 0 Å². The standard InChI is InChI=1S/C14H15BrF3NO/c1-8-9(2)19(6-5-13(8)20)12-7-10(14(16,17)18)3-4-11(12)15/h3-4,7-9H,5-6H2,1-2H3. The number of Topliss-reactive ketones (excluding diaryl/α,β-unsaturated/α-hetero) is 1. The number of carbonyl (C=O) groups is 1. The summed E-state index contributed by atoms with van der Waals surface area (Å²) in [6.07, 6.45) is -4.00. The summed E-state index contributed by atoms with van der Waals surface area (Å²) in [5.41, 5.74) is -0.181. The van der Waals surface area contributed by atoms with Crippen LogP contribution in [0.5, 0.6) is 0 Å². The Morgan fingerprint density at radius 1 is 1.30 bits per heavy atom. The van der Waals surface area contributed by atoms with E-state index in [2.05, 4.69) is 15.9 Å². The number of rotatable bonds is 1. The minimum Gasteiger partial charge on any atom is -0.367 e. The van der Waals surface area contributed by atoms with Crippen LogP contribution >= 0.6 is 15.9 Å². The fraction of sp³-hybridized carbons (Fsp3) is 0.500. The molecule has 2 unspecified atom stereocenters. The number of hydrogen-bond acceptors (Lipinski definition) is 2. The van der Waals surface area contributed by atoms with E-state index in [1.54, 1.807) is 0 Å². The molecule has 0 aliphatic carbocycles. The predicted octanol–water partition coefficient (Wildman–Crippen LogP) is 4.27. The molecule has 1 aliphatic rings. The number of carbonyl (C=O) groups excluding carboxylic acids is 1. The van der Waals surface area contributed by atoms with Crippen LogP contribution in [0.25, 0.3) is 0 Å². The zero-order valence-electron chi connectivity index (χ0n) is 11.2. The number of ketones is 1. The fourth-order valence-corrected chi connectivity index (χ4v) is 2.92. The van der Waals surface area contributed by atoms with Gasteiger partial charge in [-0.25, -0.2) is 0 Å². The van der Waals surface area contributed by atoms with Crippen LogP contribution in [-0.4, -0.2) is 18.4 Å². The van der Waals surface area contributed by atoms with Gasteiger partial charge in [0.05, 0.1) is 11.3 Å². The van der Waals surface area contributed by atoms with E-state index in [0.717, 1.165) is 12.1 Å². The smallest absolute Gasteiger partial charge is 0.367 e. The third kappa shape index (κ3) is 2.85. The second-order valence-electron chi connectivity index (χ2n) is 5.10. The van der Waals surface area contributed by atoms with Gasteiger partial charge < -0.3 is 4.90 Å². The number of benzene rings is 1. The van der Waals surface area contributed by atoms with Crippen molar-refractivity contribution in [2.45, 2.75) is 32.5 Å². The number of halogens is 4. The molecule has 0 bridgehead atoms. The summed E-state index contributed by atoms with van der Waals surface area (Å²) < 4.78 is 39.1. The van der Waals surface area contributed by atoms with Crippen molar-refractivity contribution in [2.75, 3.05) is 11.4 Å². The van der Waals surface area contributed by atoms with Gasteiger partial charge in [-0.15, -0.1) is 0 Å². The minimum atomic E-state index is -4.37. The lowest BCUT2D eigenvalue weighted by molar-refractivity contribution is -0.137. The second kappa shape index (κ2) is 5.39. The van der Waals surface area contributed by atoms with Crippen molar-refractivity contribution >= 4 is 27.4 Å². The molecule has 0 aromatic heterocycles. The monoisotopic (exact) mass is 349 g/mol. The molecule has 2 rings (SSSR count). The van der Waals surface area contributed by atoms with Crippen molar-refractivity contribution in [2.24, 2.45) is 5.92 Å². The lowest BCUT2D eigenvalue weighted by Gasteiger charge is -2.39. The molecular formula is C14H15BrF3NO. The highest BCUT2D eigenvalue weighted by Gasteiger charge is 2.35. The van der Waals surface area contributed by atoms with E-state index >= 15 is 0 Å². The van der Waals surface area contributed by atoms with E-state index in [0.29, 0.717) is 23.1 Å². The molecule has 0 spiro atoms. The van der Waals surface area contributed by atoms with Gasteiger partial charge in [0, 0.05) is 29.4 Å². The Balaban J connectivity index is 2.39. The van der Waals surface area contributed by atoms with Gasteiger partial charge in [0.15, 0.2) is 0 Å². The molecule has 1 aromatic rings. The molecule has 2 atom stereocenters. The summed E-state index contributed by atoms with van der Waals surface area (Å²) >= 11 is 3.30. The van der Waals surface area contributed by atoms with Crippen molar-refractivity contribution in [3.8, 4) is 0 Å². The van der Waals surface area contributed by atoms with E-state index in [1.807, 2.05) is 18.7 Å². The first-order chi connectivity index (χ1) is 9.21. The molecule has 1 aromatic carbocycles. The van der Waals surface area contributed by atoms with E-state index in [-0.39, 0.29) is 17.7 Å². The molecule has 0 N–H and O–H groups in total. The number of nitrogens with zero attached hydrogens (tertiary/aromatic N) is 1. The molecule has 20 heavy (non-hydrogen) atoms. The van der Waals surface area contributed by atoms with Gasteiger partial charge in [-0.05, 0) is 41.1 Å². The van der Waals surface area contributed by atoms with Crippen LogP contribution in [0.15, 0.2) is 22.7 Å². The molecule has 1 fully saturated rings. The third-order valence-corrected chi connectivity index (χ3v) is 4.58. The van der Waals surface area contributed by atoms with Crippen LogP contribution in [0.1, 0.15) is 25.8 Å². The molecule has 0 saturated carbocycles. The number of piperidine rings is 1. The minimum absolute atomic E-state index is 0.115. The lowest BCUT2D eigenvalue weighted by atomic mass is 9.90. The Morgan fingerprint density at radius 3 is 2.55 bits per heavy atom. The molecule has 2 nitrogen and oxygen atoms in total. The van der Waals surface area contributed by atoms with Crippen LogP contribution in [-0.2, 0) is 11.0 Å². The SMILES string of the molecule is CC1C(=O)CCN(c2cc(C(F)(F)F)ccc2Br)C1C. The van der Waals surface area contributed by atoms with Crippen molar-refractivity contribution in [3.05, 3.63) is 28.2 Å². The van der Waals surface area contributed by atoms with Gasteiger partial charge in [0.1, 0.15) is 5.78 Å². The first kappa shape index (κ1) is 15.4. The van der Waals surface area contributed by atoms with Gasteiger partial charge in [0.25, 0.3) is 0 Å². The second-order valence-corrected chi connectivity index (χ2v) is 5.96. The average Bonchev–Trinajstić information content (AvgIpc) is 2.36. The molecule has 1 heterocycles. The molecule has 0 radical (unpaired) electrons. The van der Waals surface area contributed by atoms with Crippen LogP contribution in [0.4, 0.5) is 18.9 Å². The maximum Gasteiger partial charge on any atom is 0.416 e. The first-order valence-electron chi connectivity index (χ1n) is 6.38. The van der Waals surface area contributed by atoms with Gasteiger partial charge in [-0.1, -0.05) is 6.92 Å². The van der Waals surface area contributed by atoms with Crippen molar-refractivity contribution in [3.63, 3.8) is 0 Å². The average molecular weight is 350 g/mol. The Labute approximate surface area is 124 Å². The van der Waals surface area contributed by atoms with E-state index in [4.69, 9.17) is 0 Å². The lowest BCUT2D eigenvalue weighted by Crippen LogP contribution is -2.47. The van der Waals surface area contributed by atoms with E-state index in [9.17, 15) is 18.0 Å². The highest BCUT2D eigenvalue weighted by Crippen LogP contribution is 2.38. The molecular weight excluding hydrogens is 335 g/mol. The molecule has 0 amide bonds. The highest BCUT2D eigenvalue weighted by atomic mass is 79.9. The summed E-state index contributed by atoms with van der Waals surface area (Å²) in [5, 5.41) is 0.